The summed E-state index contributed by atoms with van der Waals surface area (Å²) >= 11 is 5.92. The summed E-state index contributed by atoms with van der Waals surface area (Å²) in [6.45, 7) is 3.71. The standard InChI is InChI=1S/C25H31ClN4O4.ClH/c26-21-5-3-20(4-6-21)23-8-7-22(34-23)17-27-30-18-24(32)29(25(30)33)13-2-1-12-28-14-9-19(10-15-28)11-16-31;/h3-8,17,19,31H,1-2,9-16,18H2;1H/b27-17+;. The Kier molecular flexibility index (Phi) is 10.2. The molecular formula is C25H32Cl2N4O4. The van der Waals surface area contributed by atoms with Gasteiger partial charge in [-0.15, -0.1) is 12.4 Å². The number of hydrogen-bond acceptors (Lipinski definition) is 6. The van der Waals surface area contributed by atoms with Gasteiger partial charge in [-0.25, -0.2) is 9.80 Å². The van der Waals surface area contributed by atoms with E-state index in [-0.39, 0.29) is 31.5 Å². The van der Waals surface area contributed by atoms with E-state index in [4.69, 9.17) is 21.1 Å². The van der Waals surface area contributed by atoms with E-state index < -0.39 is 6.03 Å². The molecule has 2 aliphatic heterocycles. The monoisotopic (exact) mass is 522 g/mol. The Morgan fingerprint density at radius 1 is 1.06 bits per heavy atom. The molecule has 3 heterocycles. The van der Waals surface area contributed by atoms with Gasteiger partial charge in [0.2, 0.25) is 0 Å². The fourth-order valence-corrected chi connectivity index (χ4v) is 4.57. The zero-order chi connectivity index (χ0) is 23.9. The highest BCUT2D eigenvalue weighted by atomic mass is 35.5. The second-order valence-electron chi connectivity index (χ2n) is 8.84. The molecule has 0 spiro atoms. The van der Waals surface area contributed by atoms with Gasteiger partial charge in [-0.3, -0.25) is 9.69 Å². The van der Waals surface area contributed by atoms with Crippen LogP contribution in [0.4, 0.5) is 4.79 Å². The Bertz CT molecular complexity index is 1000. The van der Waals surface area contributed by atoms with E-state index in [0.717, 1.165) is 57.3 Å². The number of nitrogens with zero attached hydrogens (tertiary/aromatic N) is 4. The molecule has 1 aromatic heterocycles. The van der Waals surface area contributed by atoms with Gasteiger partial charge in [-0.05, 0) is 94.1 Å². The van der Waals surface area contributed by atoms with Gasteiger partial charge in [0.15, 0.2) is 0 Å². The molecule has 2 fully saturated rings. The maximum absolute atomic E-state index is 12.6. The van der Waals surface area contributed by atoms with Crippen molar-refractivity contribution in [3.05, 3.63) is 47.2 Å². The van der Waals surface area contributed by atoms with Crippen LogP contribution in [-0.4, -0.2) is 77.4 Å². The number of benzene rings is 1. The predicted octanol–water partition coefficient (Wildman–Crippen LogP) is 4.49. The molecule has 0 aliphatic carbocycles. The molecule has 1 N–H and O–H groups in total. The molecule has 8 nitrogen and oxygen atoms in total. The van der Waals surface area contributed by atoms with E-state index in [0.29, 0.717) is 29.0 Å². The number of amides is 3. The first-order chi connectivity index (χ1) is 16.5. The molecule has 3 amide bonds. The van der Waals surface area contributed by atoms with E-state index in [9.17, 15) is 9.59 Å². The van der Waals surface area contributed by atoms with Gasteiger partial charge < -0.3 is 14.4 Å². The number of furan rings is 1. The van der Waals surface area contributed by atoms with Crippen LogP contribution in [0.5, 0.6) is 0 Å². The first-order valence-electron chi connectivity index (χ1n) is 11.9. The van der Waals surface area contributed by atoms with Crippen LogP contribution in [0.3, 0.4) is 0 Å². The van der Waals surface area contributed by atoms with Gasteiger partial charge in [0, 0.05) is 23.7 Å². The number of piperidine rings is 1. The van der Waals surface area contributed by atoms with Crippen molar-refractivity contribution in [1.29, 1.82) is 0 Å². The number of imide groups is 1. The molecule has 2 saturated heterocycles. The average molecular weight is 523 g/mol. The highest BCUT2D eigenvalue weighted by molar-refractivity contribution is 6.30. The predicted molar refractivity (Wildman–Crippen MR) is 138 cm³/mol. The summed E-state index contributed by atoms with van der Waals surface area (Å²) < 4.78 is 5.77. The van der Waals surface area contributed by atoms with Crippen LogP contribution in [-0.2, 0) is 4.79 Å². The first-order valence-corrected chi connectivity index (χ1v) is 12.3. The Labute approximate surface area is 216 Å². The van der Waals surface area contributed by atoms with Gasteiger partial charge in [0.25, 0.3) is 5.91 Å². The van der Waals surface area contributed by atoms with Gasteiger partial charge in [-0.1, -0.05) is 11.6 Å². The van der Waals surface area contributed by atoms with Gasteiger partial charge in [-0.2, -0.15) is 5.10 Å². The van der Waals surface area contributed by atoms with Crippen molar-refractivity contribution < 1.29 is 19.1 Å². The minimum absolute atomic E-state index is 0. The Balaban J connectivity index is 0.00000342. The highest BCUT2D eigenvalue weighted by Crippen LogP contribution is 2.24. The van der Waals surface area contributed by atoms with Crippen molar-refractivity contribution in [2.24, 2.45) is 11.0 Å². The number of urea groups is 1. The number of likely N-dealkylation sites (tertiary alicyclic amines) is 1. The number of aliphatic hydroxyl groups is 1. The number of aliphatic hydroxyl groups excluding tert-OH is 1. The average Bonchev–Trinajstić information content (AvgIpc) is 3.42. The van der Waals surface area contributed by atoms with Crippen LogP contribution in [0.2, 0.25) is 5.02 Å². The molecule has 10 heteroatoms. The third-order valence-corrected chi connectivity index (χ3v) is 6.72. The lowest BCUT2D eigenvalue weighted by atomic mass is 9.94. The van der Waals surface area contributed by atoms with Crippen LogP contribution in [0, 0.1) is 5.92 Å². The van der Waals surface area contributed by atoms with E-state index in [1.807, 2.05) is 18.2 Å². The lowest BCUT2D eigenvalue weighted by Crippen LogP contribution is -2.35. The van der Waals surface area contributed by atoms with Crippen LogP contribution < -0.4 is 0 Å². The van der Waals surface area contributed by atoms with Gasteiger partial charge in [0.1, 0.15) is 18.1 Å². The summed E-state index contributed by atoms with van der Waals surface area (Å²) in [7, 11) is 0. The normalized spacial score (nSPS) is 17.5. The largest absolute Gasteiger partial charge is 0.455 e. The Morgan fingerprint density at radius 2 is 1.77 bits per heavy atom. The molecule has 1 aromatic carbocycles. The molecule has 2 aromatic rings. The topological polar surface area (TPSA) is 89.6 Å². The molecular weight excluding hydrogens is 491 g/mol. The smallest absolute Gasteiger partial charge is 0.347 e. The highest BCUT2D eigenvalue weighted by Gasteiger charge is 2.35. The maximum Gasteiger partial charge on any atom is 0.347 e. The number of rotatable bonds is 10. The van der Waals surface area contributed by atoms with E-state index in [1.165, 1.54) is 16.1 Å². The third kappa shape index (κ3) is 7.30. The fourth-order valence-electron chi connectivity index (χ4n) is 4.44. The number of halogens is 2. The molecule has 35 heavy (non-hydrogen) atoms. The fraction of sp³-hybridized carbons (Fsp3) is 0.480. The second kappa shape index (κ2) is 13.1. The van der Waals surface area contributed by atoms with Crippen LogP contribution in [0.15, 0.2) is 45.9 Å². The minimum Gasteiger partial charge on any atom is -0.455 e. The molecule has 190 valence electrons. The van der Waals surface area contributed by atoms with Crippen molar-refractivity contribution in [1.82, 2.24) is 14.8 Å². The summed E-state index contributed by atoms with van der Waals surface area (Å²) in [6.07, 6.45) is 6.32. The second-order valence-corrected chi connectivity index (χ2v) is 9.28. The molecule has 4 rings (SSSR count). The number of hydrogen-bond donors (Lipinski definition) is 1. The van der Waals surface area contributed by atoms with Crippen LogP contribution in [0.25, 0.3) is 11.3 Å². The summed E-state index contributed by atoms with van der Waals surface area (Å²) in [5.74, 6) is 1.57. The molecule has 0 atom stereocenters. The van der Waals surface area contributed by atoms with Gasteiger partial charge in [0.05, 0.1) is 6.21 Å². The SMILES string of the molecule is Cl.O=C1CN(/N=C/c2ccc(-c3ccc(Cl)cc3)o2)C(=O)N1CCCCN1CCC(CCO)CC1. The molecule has 0 saturated carbocycles. The minimum atomic E-state index is -0.393. The summed E-state index contributed by atoms with van der Waals surface area (Å²) in [5, 5.41) is 15.1. The number of carbonyl (C=O) groups is 2. The maximum atomic E-state index is 12.6. The molecule has 0 radical (unpaired) electrons. The van der Waals surface area contributed by atoms with E-state index in [2.05, 4.69) is 10.0 Å². The van der Waals surface area contributed by atoms with E-state index in [1.54, 1.807) is 18.2 Å². The number of carbonyl (C=O) groups excluding carboxylic acids is 2. The van der Waals surface area contributed by atoms with Crippen molar-refractivity contribution in [3.8, 4) is 11.3 Å². The molecule has 2 aliphatic rings. The zero-order valence-electron chi connectivity index (χ0n) is 19.6. The summed E-state index contributed by atoms with van der Waals surface area (Å²) in [6, 6.07) is 10.5. The van der Waals surface area contributed by atoms with Crippen LogP contribution >= 0.6 is 24.0 Å². The summed E-state index contributed by atoms with van der Waals surface area (Å²) in [5.41, 5.74) is 0.886. The first kappa shape index (κ1) is 27.2. The molecule has 0 unspecified atom stereocenters. The zero-order valence-corrected chi connectivity index (χ0v) is 21.2. The van der Waals surface area contributed by atoms with Crippen molar-refractivity contribution in [2.75, 3.05) is 39.3 Å². The lowest BCUT2D eigenvalue weighted by molar-refractivity contribution is -0.125. The van der Waals surface area contributed by atoms with Crippen LogP contribution in [0.1, 0.15) is 37.9 Å². The van der Waals surface area contributed by atoms with Gasteiger partial charge >= 0.3 is 6.03 Å². The Morgan fingerprint density at radius 3 is 2.49 bits per heavy atom. The number of unbranched alkanes of at least 4 members (excludes halogenated alkanes) is 1. The van der Waals surface area contributed by atoms with Crippen molar-refractivity contribution in [2.45, 2.75) is 32.1 Å². The quantitative estimate of drug-likeness (QED) is 0.282. The lowest BCUT2D eigenvalue weighted by Gasteiger charge is -2.31. The molecule has 0 bridgehead atoms. The summed E-state index contributed by atoms with van der Waals surface area (Å²) in [4.78, 5) is 28.7. The van der Waals surface area contributed by atoms with E-state index >= 15 is 0 Å². The van der Waals surface area contributed by atoms with Crippen molar-refractivity contribution >= 4 is 42.2 Å². The van der Waals surface area contributed by atoms with Crippen molar-refractivity contribution in [3.63, 3.8) is 0 Å². The Hall–Kier alpha value is -2.39. The third-order valence-electron chi connectivity index (χ3n) is 6.47. The number of hydrazone groups is 1.